The minimum absolute atomic E-state index is 0.155. The molecule has 4 aromatic rings. The van der Waals surface area contributed by atoms with Crippen molar-refractivity contribution in [2.24, 2.45) is 0 Å². The molecule has 2 aromatic carbocycles. The molecule has 0 aliphatic heterocycles. The van der Waals surface area contributed by atoms with Gasteiger partial charge in [0, 0.05) is 30.5 Å². The second-order valence-electron chi connectivity index (χ2n) is 6.63. The van der Waals surface area contributed by atoms with Gasteiger partial charge in [0.05, 0.1) is 12.6 Å². The fourth-order valence-electron chi connectivity index (χ4n) is 3.37. The van der Waals surface area contributed by atoms with Crippen LogP contribution in [0.15, 0.2) is 78.1 Å². The molecule has 0 saturated heterocycles. The summed E-state index contributed by atoms with van der Waals surface area (Å²) in [5.74, 6) is 0.772. The molecule has 7 heteroatoms. The van der Waals surface area contributed by atoms with E-state index in [1.807, 2.05) is 49.5 Å². The summed E-state index contributed by atoms with van der Waals surface area (Å²) in [6, 6.07) is 16.7. The van der Waals surface area contributed by atoms with Crippen molar-refractivity contribution in [2.75, 3.05) is 14.2 Å². The average Bonchev–Trinajstić information content (AvgIpc) is 3.13. The maximum Gasteiger partial charge on any atom is 0.269 e. The summed E-state index contributed by atoms with van der Waals surface area (Å²) in [7, 11) is -0.303. The zero-order valence-electron chi connectivity index (χ0n) is 16.2. The molecule has 29 heavy (non-hydrogen) atoms. The molecule has 0 amide bonds. The van der Waals surface area contributed by atoms with Crippen LogP contribution in [0.1, 0.15) is 5.56 Å². The van der Waals surface area contributed by atoms with E-state index in [1.54, 1.807) is 31.6 Å². The number of aromatic nitrogens is 2. The number of fused-ring (bicyclic) bond motifs is 1. The summed E-state index contributed by atoms with van der Waals surface area (Å²) < 4.78 is 33.1. The molecule has 148 valence electrons. The Bertz CT molecular complexity index is 1250. The Morgan fingerprint density at radius 1 is 1.07 bits per heavy atom. The first-order valence-electron chi connectivity index (χ1n) is 9.13. The van der Waals surface area contributed by atoms with E-state index in [9.17, 15) is 8.42 Å². The van der Waals surface area contributed by atoms with Crippen LogP contribution in [0.3, 0.4) is 0 Å². The first-order valence-corrected chi connectivity index (χ1v) is 10.6. The van der Waals surface area contributed by atoms with Gasteiger partial charge >= 0.3 is 0 Å². The van der Waals surface area contributed by atoms with Gasteiger partial charge < -0.3 is 10.1 Å². The molecule has 0 saturated carbocycles. The smallest absolute Gasteiger partial charge is 0.269 e. The van der Waals surface area contributed by atoms with Crippen LogP contribution in [0.2, 0.25) is 0 Å². The molecule has 1 N–H and O–H groups in total. The van der Waals surface area contributed by atoms with Crippen molar-refractivity contribution in [1.82, 2.24) is 14.3 Å². The third kappa shape index (κ3) is 3.50. The molecular formula is C22H21N3O3S. The minimum atomic E-state index is -3.77. The van der Waals surface area contributed by atoms with Crippen molar-refractivity contribution >= 4 is 20.9 Å². The standard InChI is InChI=1S/C22H21N3O3S/c1-23-13-18-15-25(29(26,27)20-4-3-11-24-14-20)22-12-17(7-10-21(18)22)16-5-8-19(28-2)9-6-16/h3-12,14-15,23H,13H2,1-2H3. The Labute approximate surface area is 169 Å². The van der Waals surface area contributed by atoms with Crippen molar-refractivity contribution in [1.29, 1.82) is 0 Å². The van der Waals surface area contributed by atoms with Crippen LogP contribution in [0.25, 0.3) is 22.0 Å². The fourth-order valence-corrected chi connectivity index (χ4v) is 4.72. The van der Waals surface area contributed by atoms with Gasteiger partial charge in [-0.3, -0.25) is 4.98 Å². The van der Waals surface area contributed by atoms with Crippen LogP contribution in [0.4, 0.5) is 0 Å². The number of nitrogens with zero attached hydrogens (tertiary/aromatic N) is 2. The van der Waals surface area contributed by atoms with Crippen LogP contribution >= 0.6 is 0 Å². The Balaban J connectivity index is 1.91. The molecule has 6 nitrogen and oxygen atoms in total. The monoisotopic (exact) mass is 407 g/mol. The van der Waals surface area contributed by atoms with E-state index in [4.69, 9.17) is 4.74 Å². The van der Waals surface area contributed by atoms with Gasteiger partial charge in [-0.1, -0.05) is 24.3 Å². The van der Waals surface area contributed by atoms with Crippen LogP contribution in [0, 0.1) is 0 Å². The van der Waals surface area contributed by atoms with Gasteiger partial charge in [0.15, 0.2) is 0 Å². The average molecular weight is 407 g/mol. The largest absolute Gasteiger partial charge is 0.497 e. The highest BCUT2D eigenvalue weighted by atomic mass is 32.2. The summed E-state index contributed by atoms with van der Waals surface area (Å²) in [6.07, 6.45) is 4.61. The Kier molecular flexibility index (Phi) is 5.08. The molecule has 4 rings (SSSR count). The van der Waals surface area contributed by atoms with Gasteiger partial charge in [-0.05, 0) is 54.1 Å². The quantitative estimate of drug-likeness (QED) is 0.528. The lowest BCUT2D eigenvalue weighted by Crippen LogP contribution is -2.12. The summed E-state index contributed by atoms with van der Waals surface area (Å²) >= 11 is 0. The zero-order chi connectivity index (χ0) is 20.4. The molecule has 0 bridgehead atoms. The SMILES string of the molecule is CNCc1cn(S(=O)(=O)c2cccnc2)c2cc(-c3ccc(OC)cc3)ccc12. The summed E-state index contributed by atoms with van der Waals surface area (Å²) in [6.45, 7) is 0.563. The number of hydrogen-bond acceptors (Lipinski definition) is 5. The maximum atomic E-state index is 13.3. The molecule has 0 radical (unpaired) electrons. The van der Waals surface area contributed by atoms with Crippen LogP contribution in [-0.4, -0.2) is 31.5 Å². The number of nitrogens with one attached hydrogen (secondary N) is 1. The van der Waals surface area contributed by atoms with Crippen LogP contribution in [0.5, 0.6) is 5.75 Å². The fraction of sp³-hybridized carbons (Fsp3) is 0.136. The lowest BCUT2D eigenvalue weighted by Gasteiger charge is -2.09. The predicted octanol–water partition coefficient (Wildman–Crippen LogP) is 3.67. The first kappa shape index (κ1) is 19.2. The molecule has 0 aliphatic rings. The van der Waals surface area contributed by atoms with E-state index in [0.717, 1.165) is 27.8 Å². The number of pyridine rings is 1. The van der Waals surface area contributed by atoms with Crippen molar-refractivity contribution in [3.05, 3.63) is 78.8 Å². The second kappa shape index (κ2) is 7.69. The van der Waals surface area contributed by atoms with Crippen LogP contribution < -0.4 is 10.1 Å². The lowest BCUT2D eigenvalue weighted by atomic mass is 10.0. The van der Waals surface area contributed by atoms with E-state index in [2.05, 4.69) is 10.3 Å². The minimum Gasteiger partial charge on any atom is -0.497 e. The zero-order valence-corrected chi connectivity index (χ0v) is 17.0. The summed E-state index contributed by atoms with van der Waals surface area (Å²) in [5.41, 5.74) is 3.45. The van der Waals surface area contributed by atoms with Crippen molar-refractivity contribution < 1.29 is 13.2 Å². The number of benzene rings is 2. The molecule has 0 spiro atoms. The molecular weight excluding hydrogens is 386 g/mol. The maximum absolute atomic E-state index is 13.3. The van der Waals surface area contributed by atoms with E-state index in [0.29, 0.717) is 12.1 Å². The number of methoxy groups -OCH3 is 1. The topological polar surface area (TPSA) is 73.2 Å². The number of ether oxygens (including phenoxy) is 1. The van der Waals surface area contributed by atoms with Gasteiger partial charge in [0.1, 0.15) is 10.6 Å². The molecule has 0 fully saturated rings. The molecule has 2 aromatic heterocycles. The van der Waals surface area contributed by atoms with E-state index in [-0.39, 0.29) is 4.90 Å². The lowest BCUT2D eigenvalue weighted by molar-refractivity contribution is 0.415. The van der Waals surface area contributed by atoms with Gasteiger partial charge in [0.2, 0.25) is 0 Å². The Morgan fingerprint density at radius 2 is 1.83 bits per heavy atom. The van der Waals surface area contributed by atoms with Gasteiger partial charge in [-0.2, -0.15) is 0 Å². The molecule has 0 atom stereocenters. The second-order valence-corrected chi connectivity index (χ2v) is 8.45. The van der Waals surface area contributed by atoms with Gasteiger partial charge in [0.25, 0.3) is 10.0 Å². The third-order valence-electron chi connectivity index (χ3n) is 4.84. The normalized spacial score (nSPS) is 11.7. The van der Waals surface area contributed by atoms with Crippen molar-refractivity contribution in [3.63, 3.8) is 0 Å². The highest BCUT2D eigenvalue weighted by molar-refractivity contribution is 7.90. The Hall–Kier alpha value is -3.16. The van der Waals surface area contributed by atoms with Crippen LogP contribution in [-0.2, 0) is 16.6 Å². The highest BCUT2D eigenvalue weighted by Crippen LogP contribution is 2.31. The Morgan fingerprint density at radius 3 is 2.48 bits per heavy atom. The first-order chi connectivity index (χ1) is 14.0. The number of rotatable bonds is 6. The van der Waals surface area contributed by atoms with E-state index < -0.39 is 10.0 Å². The van der Waals surface area contributed by atoms with Gasteiger partial charge in [-0.15, -0.1) is 0 Å². The summed E-state index contributed by atoms with van der Waals surface area (Å²) in [4.78, 5) is 4.12. The predicted molar refractivity (Wildman–Crippen MR) is 114 cm³/mol. The number of hydrogen-bond donors (Lipinski definition) is 1. The summed E-state index contributed by atoms with van der Waals surface area (Å²) in [5, 5.41) is 4.00. The van der Waals surface area contributed by atoms with Crippen molar-refractivity contribution in [3.8, 4) is 16.9 Å². The van der Waals surface area contributed by atoms with Gasteiger partial charge in [-0.25, -0.2) is 12.4 Å². The molecule has 2 heterocycles. The third-order valence-corrected chi connectivity index (χ3v) is 6.49. The molecule has 0 unspecified atom stereocenters. The van der Waals surface area contributed by atoms with E-state index in [1.165, 1.54) is 10.2 Å². The highest BCUT2D eigenvalue weighted by Gasteiger charge is 2.21. The van der Waals surface area contributed by atoms with Crippen molar-refractivity contribution in [2.45, 2.75) is 11.4 Å². The van der Waals surface area contributed by atoms with E-state index >= 15 is 0 Å². The molecule has 0 aliphatic carbocycles.